The molecule has 0 radical (unpaired) electrons. The number of carbonyl (C=O) groups excluding carboxylic acids is 2. The van der Waals surface area contributed by atoms with Gasteiger partial charge in [0, 0.05) is 35.8 Å². The molecule has 1 heterocycles. The molecule has 1 N–H and O–H groups in total. The molecule has 1 aliphatic rings. The van der Waals surface area contributed by atoms with E-state index in [2.05, 4.69) is 21.9 Å². The Bertz CT molecular complexity index is 845. The number of carbonyl (C=O) groups is 2. The minimum Gasteiger partial charge on any atom is -0.345 e. The summed E-state index contributed by atoms with van der Waals surface area (Å²) in [4.78, 5) is 34.5. The molecule has 26 heavy (non-hydrogen) atoms. The van der Waals surface area contributed by atoms with Crippen molar-refractivity contribution in [3.05, 3.63) is 65.8 Å². The summed E-state index contributed by atoms with van der Waals surface area (Å²) < 4.78 is 0. The molecule has 0 bridgehead atoms. The minimum absolute atomic E-state index is 0.0726. The van der Waals surface area contributed by atoms with Crippen LogP contribution in [0.2, 0.25) is 0 Å². The molecule has 1 aromatic carbocycles. The molecule has 3 rings (SSSR count). The second kappa shape index (κ2) is 7.47. The van der Waals surface area contributed by atoms with E-state index >= 15 is 0 Å². The zero-order chi connectivity index (χ0) is 18.7. The van der Waals surface area contributed by atoms with Gasteiger partial charge in [-0.1, -0.05) is 6.58 Å². The molecule has 134 valence electrons. The Kier molecular flexibility index (Phi) is 5.11. The number of hydrogen-bond donors (Lipinski definition) is 1. The summed E-state index contributed by atoms with van der Waals surface area (Å²) in [6.07, 6.45) is 5.86. The Morgan fingerprint density at radius 2 is 2.04 bits per heavy atom. The fourth-order valence-electron chi connectivity index (χ4n) is 3.14. The highest BCUT2D eigenvalue weighted by Crippen LogP contribution is 2.28. The molecule has 1 aromatic heterocycles. The van der Waals surface area contributed by atoms with Gasteiger partial charge >= 0.3 is 0 Å². The molecular weight excluding hydrogens is 328 g/mol. The molecule has 2 amide bonds. The predicted molar refractivity (Wildman–Crippen MR) is 100.0 cm³/mol. The van der Waals surface area contributed by atoms with Gasteiger partial charge in [-0.3, -0.25) is 9.59 Å². The lowest BCUT2D eigenvalue weighted by Crippen LogP contribution is -2.31. The highest BCUT2D eigenvalue weighted by Gasteiger charge is 2.24. The standard InChI is InChI=1S/C20H22N4O2/c1-4-19(25)24(3)15-10-8-14(9-11-15)20(26)23-18-7-5-6-17-16(18)12-21-13(2)22-17/h4,8-12,18H,1,5-7H2,2-3H3,(H,23,26). The van der Waals surface area contributed by atoms with Crippen LogP contribution >= 0.6 is 0 Å². The van der Waals surface area contributed by atoms with Crippen LogP contribution in [-0.2, 0) is 11.2 Å². The summed E-state index contributed by atoms with van der Waals surface area (Å²) in [6.45, 7) is 5.35. The van der Waals surface area contributed by atoms with Crippen LogP contribution in [0.25, 0.3) is 0 Å². The zero-order valence-corrected chi connectivity index (χ0v) is 15.0. The normalized spacial score (nSPS) is 15.7. The summed E-state index contributed by atoms with van der Waals surface area (Å²) in [5.41, 5.74) is 3.28. The summed E-state index contributed by atoms with van der Waals surface area (Å²) in [5, 5.41) is 3.08. The molecule has 0 aliphatic heterocycles. The Morgan fingerprint density at radius 3 is 2.73 bits per heavy atom. The molecule has 0 fully saturated rings. The monoisotopic (exact) mass is 350 g/mol. The molecule has 1 unspecified atom stereocenters. The van der Waals surface area contributed by atoms with Crippen LogP contribution in [-0.4, -0.2) is 28.8 Å². The van der Waals surface area contributed by atoms with Gasteiger partial charge < -0.3 is 10.2 Å². The second-order valence-corrected chi connectivity index (χ2v) is 6.39. The van der Waals surface area contributed by atoms with Crippen molar-refractivity contribution >= 4 is 17.5 Å². The molecule has 1 aliphatic carbocycles. The molecule has 6 nitrogen and oxygen atoms in total. The lowest BCUT2D eigenvalue weighted by molar-refractivity contribution is -0.113. The van der Waals surface area contributed by atoms with E-state index in [9.17, 15) is 9.59 Å². The number of aryl methyl sites for hydroxylation is 2. The molecule has 0 saturated heterocycles. The van der Waals surface area contributed by atoms with Crippen LogP contribution in [0.1, 0.15) is 46.3 Å². The fourth-order valence-corrected chi connectivity index (χ4v) is 3.14. The third kappa shape index (κ3) is 3.64. The summed E-state index contributed by atoms with van der Waals surface area (Å²) in [6, 6.07) is 6.85. The van der Waals surface area contributed by atoms with E-state index < -0.39 is 0 Å². The second-order valence-electron chi connectivity index (χ2n) is 6.39. The number of aromatic nitrogens is 2. The van der Waals surface area contributed by atoms with E-state index in [1.165, 1.54) is 11.0 Å². The van der Waals surface area contributed by atoms with Gasteiger partial charge in [0.2, 0.25) is 5.91 Å². The number of nitrogens with one attached hydrogen (secondary N) is 1. The minimum atomic E-state index is -0.198. The third-order valence-electron chi connectivity index (χ3n) is 4.63. The summed E-state index contributed by atoms with van der Waals surface area (Å²) in [7, 11) is 1.67. The van der Waals surface area contributed by atoms with Gasteiger partial charge in [-0.05, 0) is 56.5 Å². The number of likely N-dealkylation sites (N-methyl/N-ethyl adjacent to an activating group) is 1. The average Bonchev–Trinajstić information content (AvgIpc) is 2.66. The summed E-state index contributed by atoms with van der Waals surface area (Å²) in [5.74, 6) is 0.411. The molecule has 0 spiro atoms. The first-order chi connectivity index (χ1) is 12.5. The Labute approximate surface area is 153 Å². The Balaban J connectivity index is 1.73. The number of anilines is 1. The Hall–Kier alpha value is -3.02. The van der Waals surface area contributed by atoms with Crippen LogP contribution in [0, 0.1) is 6.92 Å². The van der Waals surface area contributed by atoms with Crippen LogP contribution < -0.4 is 10.2 Å². The van der Waals surface area contributed by atoms with Gasteiger partial charge in [0.05, 0.1) is 6.04 Å². The molecule has 2 aromatic rings. The maximum absolute atomic E-state index is 12.6. The predicted octanol–water partition coefficient (Wildman–Crippen LogP) is 2.74. The number of nitrogens with zero attached hydrogens (tertiary/aromatic N) is 3. The highest BCUT2D eigenvalue weighted by atomic mass is 16.2. The quantitative estimate of drug-likeness (QED) is 0.861. The van der Waals surface area contributed by atoms with Crippen molar-refractivity contribution in [2.45, 2.75) is 32.2 Å². The van der Waals surface area contributed by atoms with E-state index in [1.54, 1.807) is 31.3 Å². The smallest absolute Gasteiger partial charge is 0.251 e. The first-order valence-electron chi connectivity index (χ1n) is 8.63. The largest absolute Gasteiger partial charge is 0.345 e. The van der Waals surface area contributed by atoms with E-state index in [0.717, 1.165) is 36.3 Å². The van der Waals surface area contributed by atoms with Crippen LogP contribution in [0.15, 0.2) is 43.1 Å². The van der Waals surface area contributed by atoms with Crippen LogP contribution in [0.4, 0.5) is 5.69 Å². The van der Waals surface area contributed by atoms with Gasteiger partial charge in [-0.2, -0.15) is 0 Å². The maximum atomic E-state index is 12.6. The number of hydrogen-bond acceptors (Lipinski definition) is 4. The number of rotatable bonds is 4. The maximum Gasteiger partial charge on any atom is 0.251 e. The van der Waals surface area contributed by atoms with E-state index in [4.69, 9.17) is 0 Å². The van der Waals surface area contributed by atoms with E-state index in [1.807, 2.05) is 13.1 Å². The number of fused-ring (bicyclic) bond motifs is 1. The molecular formula is C20H22N4O2. The number of benzene rings is 1. The summed E-state index contributed by atoms with van der Waals surface area (Å²) >= 11 is 0. The van der Waals surface area contributed by atoms with Gasteiger partial charge in [0.25, 0.3) is 5.91 Å². The first kappa shape index (κ1) is 17.8. The van der Waals surface area contributed by atoms with Crippen molar-refractivity contribution in [2.75, 3.05) is 11.9 Å². The van der Waals surface area contributed by atoms with Crippen LogP contribution in [0.3, 0.4) is 0 Å². The fraction of sp³-hybridized carbons (Fsp3) is 0.300. The van der Waals surface area contributed by atoms with E-state index in [-0.39, 0.29) is 17.9 Å². The van der Waals surface area contributed by atoms with Crippen molar-refractivity contribution in [2.24, 2.45) is 0 Å². The van der Waals surface area contributed by atoms with Crippen molar-refractivity contribution in [1.82, 2.24) is 15.3 Å². The molecule has 0 saturated carbocycles. The lowest BCUT2D eigenvalue weighted by Gasteiger charge is -2.25. The zero-order valence-electron chi connectivity index (χ0n) is 15.0. The first-order valence-corrected chi connectivity index (χ1v) is 8.63. The van der Waals surface area contributed by atoms with Gasteiger partial charge in [0.15, 0.2) is 0 Å². The average molecular weight is 350 g/mol. The van der Waals surface area contributed by atoms with E-state index in [0.29, 0.717) is 11.3 Å². The van der Waals surface area contributed by atoms with Crippen molar-refractivity contribution < 1.29 is 9.59 Å². The van der Waals surface area contributed by atoms with Crippen molar-refractivity contribution in [1.29, 1.82) is 0 Å². The highest BCUT2D eigenvalue weighted by molar-refractivity contribution is 6.01. The third-order valence-corrected chi connectivity index (χ3v) is 4.63. The van der Waals surface area contributed by atoms with Gasteiger partial charge in [-0.25, -0.2) is 9.97 Å². The lowest BCUT2D eigenvalue weighted by atomic mass is 9.92. The number of amides is 2. The molecule has 6 heteroatoms. The topological polar surface area (TPSA) is 75.2 Å². The van der Waals surface area contributed by atoms with Crippen molar-refractivity contribution in [3.8, 4) is 0 Å². The SMILES string of the molecule is C=CC(=O)N(C)c1ccc(C(=O)NC2CCCc3nc(C)ncc32)cc1. The van der Waals surface area contributed by atoms with Crippen LogP contribution in [0.5, 0.6) is 0 Å². The Morgan fingerprint density at radius 1 is 1.31 bits per heavy atom. The van der Waals surface area contributed by atoms with Gasteiger partial charge in [0.1, 0.15) is 5.82 Å². The van der Waals surface area contributed by atoms with Crippen molar-refractivity contribution in [3.63, 3.8) is 0 Å². The molecule has 1 atom stereocenters. The van der Waals surface area contributed by atoms with Gasteiger partial charge in [-0.15, -0.1) is 0 Å².